The molecule has 4 heteroatoms. The quantitative estimate of drug-likeness (QED) is 0.149. The Bertz CT molecular complexity index is 4110. The van der Waals surface area contributed by atoms with E-state index in [0.717, 1.165) is 56.1 Å². The fraction of sp³-hybridized carbons (Fsp3) is 0.182. The summed E-state index contributed by atoms with van der Waals surface area (Å²) in [6.45, 7) is -20.5. The van der Waals surface area contributed by atoms with Crippen LogP contribution in [-0.2, 0) is 17.3 Å². The lowest BCUT2D eigenvalue weighted by Crippen LogP contribution is -2.17. The lowest BCUT2D eigenvalue weighted by Gasteiger charge is -2.27. The molecule has 0 aliphatic carbocycles. The molecule has 0 atom stereocenters. The number of nitrogens with zero attached hydrogens (tertiary/aromatic N) is 3. The van der Waals surface area contributed by atoms with Crippen molar-refractivity contribution in [1.82, 2.24) is 14.5 Å². The number of fused-ring (bicyclic) bond motifs is 1. The number of benzene rings is 8. The Kier molecular flexibility index (Phi) is 7.77. The third-order valence-corrected chi connectivity index (χ3v) is 12.7. The highest BCUT2D eigenvalue weighted by Gasteiger charge is 2.29. The van der Waals surface area contributed by atoms with Crippen molar-refractivity contribution in [1.29, 1.82) is 0 Å². The molecule has 70 heavy (non-hydrogen) atoms. The number of phenolic OH excluding ortho intramolecular Hbond substituents is 1. The molecule has 8 aromatic carbocycles. The highest BCUT2D eigenvalue weighted by Crippen LogP contribution is 2.45. The van der Waals surface area contributed by atoms with Gasteiger partial charge in [-0.3, -0.25) is 9.55 Å². The van der Waals surface area contributed by atoms with Crippen molar-refractivity contribution in [3.05, 3.63) is 217 Å². The fourth-order valence-electron chi connectivity index (χ4n) is 9.29. The van der Waals surface area contributed by atoms with Crippen LogP contribution in [0.4, 0.5) is 0 Å². The number of rotatable bonds is 10. The average Bonchev–Trinajstić information content (AvgIpc) is 0.777. The molecule has 0 bridgehead atoms. The standard InChI is InChI=1S/C66H61N3O/c1-43(2)35-51-39-55(31-32-56(51)48-23-16-11-17-24-48)69-61-26-18-25-57(62(61)68-64(69)58-41-54(65(3,4)5)42-59(63(58)70)66(6,7)8)52-36-50(45-21-14-10-15-22-45)37-53(38-52)60-40-49(33-34-67-60)47-29-27-46(28-30-47)44-19-12-9-13-20-44/h9-34,36-43,70H,35H2,1-8H3/i3D3,4D3,5D3,6D3,7D3,8D3. The van der Waals surface area contributed by atoms with Crippen LogP contribution in [0.5, 0.6) is 5.75 Å². The maximum absolute atomic E-state index is 13.1. The molecule has 0 fully saturated rings. The van der Waals surface area contributed by atoms with Crippen molar-refractivity contribution in [2.24, 2.45) is 5.92 Å². The van der Waals surface area contributed by atoms with Crippen LogP contribution in [0.3, 0.4) is 0 Å². The van der Waals surface area contributed by atoms with E-state index in [1.807, 2.05) is 159 Å². The summed E-state index contributed by atoms with van der Waals surface area (Å²) >= 11 is 0. The molecule has 346 valence electrons. The molecule has 4 nitrogen and oxygen atoms in total. The molecule has 0 saturated carbocycles. The number of aromatic nitrogens is 3. The van der Waals surface area contributed by atoms with E-state index in [4.69, 9.17) is 34.6 Å². The lowest BCUT2D eigenvalue weighted by atomic mass is 9.79. The molecule has 0 amide bonds. The number of imidazole rings is 1. The van der Waals surface area contributed by atoms with E-state index in [1.165, 1.54) is 4.57 Å². The second-order valence-electron chi connectivity index (χ2n) is 18.2. The maximum Gasteiger partial charge on any atom is 0.149 e. The first-order valence-corrected chi connectivity index (χ1v) is 23.1. The number of hydrogen-bond donors (Lipinski definition) is 1. The van der Waals surface area contributed by atoms with Crippen LogP contribution in [0.1, 0.15) is 96.3 Å². The summed E-state index contributed by atoms with van der Waals surface area (Å²) in [4.78, 5) is 10.1. The summed E-state index contributed by atoms with van der Waals surface area (Å²) in [6, 6.07) is 58.9. The van der Waals surface area contributed by atoms with Crippen LogP contribution < -0.4 is 0 Å². The van der Waals surface area contributed by atoms with Gasteiger partial charge in [-0.2, -0.15) is 0 Å². The van der Waals surface area contributed by atoms with E-state index in [1.54, 1.807) is 30.5 Å². The van der Waals surface area contributed by atoms with Crippen molar-refractivity contribution in [3.63, 3.8) is 0 Å². The summed E-state index contributed by atoms with van der Waals surface area (Å²) in [5.41, 5.74) is -0.390. The van der Waals surface area contributed by atoms with Gasteiger partial charge in [0.1, 0.15) is 11.6 Å². The molecule has 0 aliphatic heterocycles. The Labute approximate surface area is 439 Å². The van der Waals surface area contributed by atoms with E-state index < -0.39 is 80.2 Å². The summed E-state index contributed by atoms with van der Waals surface area (Å²) in [6.07, 6.45) is 2.24. The number of para-hydroxylation sites is 1. The van der Waals surface area contributed by atoms with Crippen LogP contribution in [0.15, 0.2) is 200 Å². The zero-order valence-corrected chi connectivity index (χ0v) is 38.6. The summed E-state index contributed by atoms with van der Waals surface area (Å²) in [5.74, 6) is -1.67. The monoisotopic (exact) mass is 930 g/mol. The number of phenols is 1. The topological polar surface area (TPSA) is 50.9 Å². The number of hydrogen-bond acceptors (Lipinski definition) is 3. The molecule has 2 aromatic heterocycles. The summed E-state index contributed by atoms with van der Waals surface area (Å²) in [7, 11) is 0. The maximum atomic E-state index is 13.1. The molecule has 0 aliphatic rings. The van der Waals surface area contributed by atoms with E-state index in [9.17, 15) is 5.11 Å². The van der Waals surface area contributed by atoms with E-state index in [-0.39, 0.29) is 17.0 Å². The SMILES string of the molecule is [2H]C([2H])([2H])C(c1cc(-c2nc3c(-c4cc(-c5ccccc5)cc(-c5cc(-c6ccc(-c7ccccc7)cc6)ccn5)c4)cccc3n2-c2ccc(-c3ccccc3)c(CC(C)C)c2)c(O)c(C(C([2H])([2H])[2H])(C([2H])([2H])[2H])C([2H])([2H])[2H])c1)(C([2H])([2H])[2H])C([2H])([2H])[2H]. The molecule has 0 radical (unpaired) electrons. The van der Waals surface area contributed by atoms with Gasteiger partial charge in [0.05, 0.1) is 22.3 Å². The molecule has 10 aromatic rings. The van der Waals surface area contributed by atoms with Gasteiger partial charge in [-0.1, -0.05) is 194 Å². The van der Waals surface area contributed by atoms with Crippen LogP contribution in [0, 0.1) is 5.92 Å². The van der Waals surface area contributed by atoms with Crippen LogP contribution in [0.2, 0.25) is 0 Å². The Hall–Kier alpha value is -7.82. The minimum Gasteiger partial charge on any atom is -0.507 e. The number of aromatic hydroxyl groups is 1. The highest BCUT2D eigenvalue weighted by atomic mass is 16.3. The Morgan fingerprint density at radius 1 is 0.500 bits per heavy atom. The van der Waals surface area contributed by atoms with E-state index >= 15 is 0 Å². The molecule has 0 saturated heterocycles. The predicted octanol–water partition coefficient (Wildman–Crippen LogP) is 17.6. The van der Waals surface area contributed by atoms with Gasteiger partial charge in [-0.05, 0) is 139 Å². The molecular weight excluding hydrogens is 851 g/mol. The normalized spacial score (nSPS) is 16.8. The van der Waals surface area contributed by atoms with Gasteiger partial charge >= 0.3 is 0 Å². The third kappa shape index (κ3) is 9.22. The van der Waals surface area contributed by atoms with Gasteiger partial charge in [0.15, 0.2) is 0 Å². The average molecular weight is 930 g/mol. The number of pyridine rings is 1. The first-order valence-electron chi connectivity index (χ1n) is 32.1. The molecule has 10 rings (SSSR count). The van der Waals surface area contributed by atoms with Crippen molar-refractivity contribution in [2.45, 2.75) is 72.2 Å². The molecule has 1 N–H and O–H groups in total. The summed E-state index contributed by atoms with van der Waals surface area (Å²) < 4.78 is 160. The minimum absolute atomic E-state index is 0.0774. The van der Waals surface area contributed by atoms with E-state index in [0.29, 0.717) is 40.6 Å². The first kappa shape index (κ1) is 29.3. The second-order valence-corrected chi connectivity index (χ2v) is 18.2. The van der Waals surface area contributed by atoms with Crippen LogP contribution in [-0.4, -0.2) is 19.6 Å². The minimum atomic E-state index is -4.14. The molecular formula is C66H61N3O. The lowest BCUT2D eigenvalue weighted by molar-refractivity contribution is 0.446. The van der Waals surface area contributed by atoms with Crippen molar-refractivity contribution < 1.29 is 29.8 Å². The Balaban J connectivity index is 1.33. The van der Waals surface area contributed by atoms with Crippen molar-refractivity contribution in [2.75, 3.05) is 0 Å². The summed E-state index contributed by atoms with van der Waals surface area (Å²) in [5, 5.41) is 13.1. The first-order chi connectivity index (χ1) is 41.2. The smallest absolute Gasteiger partial charge is 0.149 e. The van der Waals surface area contributed by atoms with Crippen LogP contribution >= 0.6 is 0 Å². The molecule has 2 heterocycles. The Morgan fingerprint density at radius 2 is 1.10 bits per heavy atom. The zero-order valence-electron chi connectivity index (χ0n) is 56.6. The van der Waals surface area contributed by atoms with Gasteiger partial charge in [-0.15, -0.1) is 0 Å². The largest absolute Gasteiger partial charge is 0.507 e. The Morgan fingerprint density at radius 3 is 1.76 bits per heavy atom. The van der Waals surface area contributed by atoms with Crippen LogP contribution in [0.25, 0.3) is 95.0 Å². The van der Waals surface area contributed by atoms with Gasteiger partial charge in [0.25, 0.3) is 0 Å². The third-order valence-electron chi connectivity index (χ3n) is 12.7. The predicted molar refractivity (Wildman–Crippen MR) is 295 cm³/mol. The molecule has 0 unspecified atom stereocenters. The van der Waals surface area contributed by atoms with Crippen molar-refractivity contribution in [3.8, 4) is 89.7 Å². The zero-order chi connectivity index (χ0) is 63.7. The molecule has 0 spiro atoms. The van der Waals surface area contributed by atoms with Gasteiger partial charge in [0, 0.05) is 53.2 Å². The van der Waals surface area contributed by atoms with Crippen molar-refractivity contribution >= 4 is 11.0 Å². The van der Waals surface area contributed by atoms with Gasteiger partial charge < -0.3 is 5.11 Å². The van der Waals surface area contributed by atoms with Gasteiger partial charge in [0.2, 0.25) is 0 Å². The van der Waals surface area contributed by atoms with E-state index in [2.05, 4.69) is 12.1 Å². The second kappa shape index (κ2) is 18.6. The highest BCUT2D eigenvalue weighted by molar-refractivity contribution is 5.98. The van der Waals surface area contributed by atoms with Gasteiger partial charge in [-0.25, -0.2) is 4.98 Å². The fourth-order valence-corrected chi connectivity index (χ4v) is 9.29.